The van der Waals surface area contributed by atoms with E-state index in [2.05, 4.69) is 31.8 Å². The Labute approximate surface area is 57.5 Å². The summed E-state index contributed by atoms with van der Waals surface area (Å²) in [4.78, 5) is 4.02. The maximum atomic E-state index is 4.02. The Kier molecular flexibility index (Phi) is 5.18. The zero-order valence-electron chi connectivity index (χ0n) is 6.46. The Balaban J connectivity index is 3.35. The molecule has 0 spiro atoms. The van der Waals surface area contributed by atoms with Gasteiger partial charge in [-0.2, -0.15) is 0 Å². The van der Waals surface area contributed by atoms with Gasteiger partial charge in [-0.3, -0.25) is 4.99 Å². The highest BCUT2D eigenvalue weighted by atomic mass is 14.7. The Bertz CT molecular complexity index is 101. The molecule has 0 atom stereocenters. The van der Waals surface area contributed by atoms with Gasteiger partial charge in [-0.25, -0.2) is 0 Å². The van der Waals surface area contributed by atoms with Crippen LogP contribution in [0, 0.1) is 5.92 Å². The maximum absolute atomic E-state index is 4.02. The van der Waals surface area contributed by atoms with Gasteiger partial charge in [0.15, 0.2) is 0 Å². The van der Waals surface area contributed by atoms with Crippen LogP contribution in [-0.4, -0.2) is 6.21 Å². The largest absolute Gasteiger partial charge is 0.269 e. The van der Waals surface area contributed by atoms with Gasteiger partial charge in [0, 0.05) is 12.4 Å². The minimum atomic E-state index is 0.610. The molecule has 0 aliphatic rings. The molecule has 0 saturated heterocycles. The zero-order chi connectivity index (χ0) is 7.11. The highest BCUT2D eigenvalue weighted by Gasteiger charge is 1.78. The molecule has 0 aliphatic carbocycles. The predicted molar refractivity (Wildman–Crippen MR) is 42.8 cm³/mol. The molecule has 0 aromatic rings. The SMILES string of the molecule is CCC=N/C=C/C(C)C. The van der Waals surface area contributed by atoms with Crippen LogP contribution in [-0.2, 0) is 0 Å². The van der Waals surface area contributed by atoms with Crippen molar-refractivity contribution in [2.24, 2.45) is 10.9 Å². The quantitative estimate of drug-likeness (QED) is 0.514. The first-order valence-electron chi connectivity index (χ1n) is 3.45. The smallest absolute Gasteiger partial charge is 0.0226 e. The van der Waals surface area contributed by atoms with Gasteiger partial charge in [-0.05, 0) is 12.3 Å². The van der Waals surface area contributed by atoms with Crippen LogP contribution in [0.3, 0.4) is 0 Å². The number of nitrogens with zero attached hydrogens (tertiary/aromatic N) is 1. The minimum Gasteiger partial charge on any atom is -0.269 e. The zero-order valence-corrected chi connectivity index (χ0v) is 6.46. The fourth-order valence-electron chi connectivity index (χ4n) is 0.388. The summed E-state index contributed by atoms with van der Waals surface area (Å²) in [5.41, 5.74) is 0. The van der Waals surface area contributed by atoms with E-state index in [1.807, 2.05) is 12.4 Å². The second-order valence-corrected chi connectivity index (χ2v) is 2.33. The van der Waals surface area contributed by atoms with Gasteiger partial charge in [0.05, 0.1) is 0 Å². The number of allylic oxidation sites excluding steroid dienone is 1. The average molecular weight is 125 g/mol. The molecular weight excluding hydrogens is 110 g/mol. The summed E-state index contributed by atoms with van der Waals surface area (Å²) >= 11 is 0. The van der Waals surface area contributed by atoms with Crippen LogP contribution in [0.1, 0.15) is 27.2 Å². The van der Waals surface area contributed by atoms with Gasteiger partial charge < -0.3 is 0 Å². The van der Waals surface area contributed by atoms with Crippen molar-refractivity contribution in [3.05, 3.63) is 12.3 Å². The molecule has 0 bridgehead atoms. The first kappa shape index (κ1) is 8.41. The van der Waals surface area contributed by atoms with Gasteiger partial charge in [0.2, 0.25) is 0 Å². The fraction of sp³-hybridized carbons (Fsp3) is 0.625. The molecule has 0 heterocycles. The number of hydrogen-bond acceptors (Lipinski definition) is 1. The van der Waals surface area contributed by atoms with Crippen LogP contribution < -0.4 is 0 Å². The number of aliphatic imine (C=N–C) groups is 1. The summed E-state index contributed by atoms with van der Waals surface area (Å²) in [6, 6.07) is 0. The topological polar surface area (TPSA) is 12.4 Å². The van der Waals surface area contributed by atoms with Gasteiger partial charge in [-0.1, -0.05) is 26.8 Å². The Morgan fingerprint density at radius 1 is 1.44 bits per heavy atom. The average Bonchev–Trinajstić information content (AvgIpc) is 1.80. The summed E-state index contributed by atoms with van der Waals surface area (Å²) in [7, 11) is 0. The molecule has 1 nitrogen and oxygen atoms in total. The lowest BCUT2D eigenvalue weighted by Gasteiger charge is -1.88. The van der Waals surface area contributed by atoms with Crippen molar-refractivity contribution in [1.82, 2.24) is 0 Å². The third kappa shape index (κ3) is 7.41. The van der Waals surface area contributed by atoms with E-state index in [1.165, 1.54) is 0 Å². The van der Waals surface area contributed by atoms with E-state index in [9.17, 15) is 0 Å². The van der Waals surface area contributed by atoms with Gasteiger partial charge in [0.25, 0.3) is 0 Å². The summed E-state index contributed by atoms with van der Waals surface area (Å²) in [5, 5.41) is 0. The Morgan fingerprint density at radius 3 is 2.56 bits per heavy atom. The second kappa shape index (κ2) is 5.54. The molecule has 0 saturated carbocycles. The van der Waals surface area contributed by atoms with Crippen LogP contribution in [0.15, 0.2) is 17.3 Å². The van der Waals surface area contributed by atoms with Crippen LogP contribution in [0.25, 0.3) is 0 Å². The molecule has 0 aromatic carbocycles. The molecule has 0 radical (unpaired) electrons. The van der Waals surface area contributed by atoms with Crippen LogP contribution in [0.2, 0.25) is 0 Å². The van der Waals surface area contributed by atoms with Crippen molar-refractivity contribution in [1.29, 1.82) is 0 Å². The van der Waals surface area contributed by atoms with Crippen LogP contribution in [0.4, 0.5) is 0 Å². The third-order valence-electron chi connectivity index (χ3n) is 0.845. The van der Waals surface area contributed by atoms with E-state index in [1.54, 1.807) is 0 Å². The highest BCUT2D eigenvalue weighted by molar-refractivity contribution is 5.57. The lowest BCUT2D eigenvalue weighted by molar-refractivity contribution is 0.829. The molecule has 0 aliphatic heterocycles. The van der Waals surface area contributed by atoms with Gasteiger partial charge in [-0.15, -0.1) is 0 Å². The Hall–Kier alpha value is -0.590. The molecule has 0 amide bonds. The molecule has 0 N–H and O–H groups in total. The van der Waals surface area contributed by atoms with Crippen molar-refractivity contribution < 1.29 is 0 Å². The van der Waals surface area contributed by atoms with E-state index < -0.39 is 0 Å². The molecule has 0 fully saturated rings. The van der Waals surface area contributed by atoms with E-state index in [0.29, 0.717) is 5.92 Å². The van der Waals surface area contributed by atoms with E-state index >= 15 is 0 Å². The third-order valence-corrected chi connectivity index (χ3v) is 0.845. The standard InChI is InChI=1S/C8H15N/c1-4-6-9-7-5-8(2)3/h5-8H,4H2,1-3H3/b7-5+,9-6?. The minimum absolute atomic E-state index is 0.610. The molecule has 0 unspecified atom stereocenters. The Morgan fingerprint density at radius 2 is 2.11 bits per heavy atom. The first-order chi connectivity index (χ1) is 4.27. The van der Waals surface area contributed by atoms with Crippen molar-refractivity contribution in [3.63, 3.8) is 0 Å². The first-order valence-corrected chi connectivity index (χ1v) is 3.45. The van der Waals surface area contributed by atoms with E-state index in [-0.39, 0.29) is 0 Å². The summed E-state index contributed by atoms with van der Waals surface area (Å²) in [6.45, 7) is 6.35. The maximum Gasteiger partial charge on any atom is 0.0226 e. The fourth-order valence-corrected chi connectivity index (χ4v) is 0.388. The highest BCUT2D eigenvalue weighted by Crippen LogP contribution is 1.92. The van der Waals surface area contributed by atoms with Crippen molar-refractivity contribution in [3.8, 4) is 0 Å². The second-order valence-electron chi connectivity index (χ2n) is 2.33. The molecule has 0 rings (SSSR count). The van der Waals surface area contributed by atoms with Crippen LogP contribution in [0.5, 0.6) is 0 Å². The molecule has 9 heavy (non-hydrogen) atoms. The summed E-state index contributed by atoms with van der Waals surface area (Å²) in [6.07, 6.45) is 6.85. The number of rotatable bonds is 3. The van der Waals surface area contributed by atoms with E-state index in [0.717, 1.165) is 6.42 Å². The van der Waals surface area contributed by atoms with Crippen LogP contribution >= 0.6 is 0 Å². The summed E-state index contributed by atoms with van der Waals surface area (Å²) in [5.74, 6) is 0.610. The van der Waals surface area contributed by atoms with Crippen molar-refractivity contribution >= 4 is 6.21 Å². The summed E-state index contributed by atoms with van der Waals surface area (Å²) < 4.78 is 0. The molecule has 52 valence electrons. The molecule has 1 heteroatoms. The van der Waals surface area contributed by atoms with Crippen molar-refractivity contribution in [2.45, 2.75) is 27.2 Å². The number of hydrogen-bond donors (Lipinski definition) is 0. The molecular formula is C8H15N. The normalized spacial score (nSPS) is 12.4. The lowest BCUT2D eigenvalue weighted by atomic mass is 10.2. The van der Waals surface area contributed by atoms with Crippen molar-refractivity contribution in [2.75, 3.05) is 0 Å². The van der Waals surface area contributed by atoms with E-state index in [4.69, 9.17) is 0 Å². The lowest BCUT2D eigenvalue weighted by Crippen LogP contribution is -1.75. The van der Waals surface area contributed by atoms with Gasteiger partial charge in [0.1, 0.15) is 0 Å². The predicted octanol–water partition coefficient (Wildman–Crippen LogP) is 2.64. The monoisotopic (exact) mass is 125 g/mol. The van der Waals surface area contributed by atoms with Gasteiger partial charge >= 0.3 is 0 Å². The molecule has 0 aromatic heterocycles.